The predicted molar refractivity (Wildman–Crippen MR) is 99.8 cm³/mol. The van der Waals surface area contributed by atoms with Crippen molar-refractivity contribution in [2.24, 2.45) is 0 Å². The fourth-order valence-electron chi connectivity index (χ4n) is 3.22. The first-order valence-corrected chi connectivity index (χ1v) is 9.55. The van der Waals surface area contributed by atoms with Crippen molar-refractivity contribution < 1.29 is 25.2 Å². The number of hydrogen-bond acceptors (Lipinski definition) is 6. The van der Waals surface area contributed by atoms with Crippen LogP contribution in [0, 0.1) is 6.92 Å². The smallest absolute Gasteiger partial charge is 0.110 e. The molecular weight excluding hydrogens is 334 g/mol. The van der Waals surface area contributed by atoms with E-state index in [1.165, 1.54) is 11.1 Å². The molecule has 0 saturated carbocycles. The predicted octanol–water partition coefficient (Wildman–Crippen LogP) is 0.831. The van der Waals surface area contributed by atoms with Gasteiger partial charge in [-0.05, 0) is 31.9 Å². The van der Waals surface area contributed by atoms with E-state index in [0.717, 1.165) is 38.8 Å². The average molecular weight is 367 g/mol. The van der Waals surface area contributed by atoms with Crippen molar-refractivity contribution in [3.05, 3.63) is 35.4 Å². The van der Waals surface area contributed by atoms with Gasteiger partial charge in [0.05, 0.1) is 18.8 Å². The van der Waals surface area contributed by atoms with E-state index in [4.69, 9.17) is 4.74 Å². The minimum atomic E-state index is -1.29. The van der Waals surface area contributed by atoms with Crippen LogP contribution in [0.25, 0.3) is 0 Å². The molecule has 148 valence electrons. The summed E-state index contributed by atoms with van der Waals surface area (Å²) in [6.45, 7) is 4.74. The molecule has 4 N–H and O–H groups in total. The van der Waals surface area contributed by atoms with Gasteiger partial charge in [0, 0.05) is 19.7 Å². The summed E-state index contributed by atoms with van der Waals surface area (Å²) in [7, 11) is 0. The van der Waals surface area contributed by atoms with Gasteiger partial charge in [0.1, 0.15) is 12.2 Å². The lowest BCUT2D eigenvalue weighted by atomic mass is 10.1. The Labute approximate surface area is 156 Å². The highest BCUT2D eigenvalue weighted by molar-refractivity contribution is 5.20. The first-order chi connectivity index (χ1) is 12.5. The van der Waals surface area contributed by atoms with E-state index in [-0.39, 0.29) is 13.1 Å². The molecule has 1 heterocycles. The van der Waals surface area contributed by atoms with Crippen LogP contribution in [-0.2, 0) is 11.3 Å². The summed E-state index contributed by atoms with van der Waals surface area (Å²) in [5.74, 6) is 0. The van der Waals surface area contributed by atoms with Crippen molar-refractivity contribution in [1.29, 1.82) is 0 Å². The molecule has 0 radical (unpaired) electrons. The van der Waals surface area contributed by atoms with Crippen LogP contribution in [0.2, 0.25) is 0 Å². The number of aliphatic hydroxyl groups excluding tert-OH is 4. The summed E-state index contributed by atoms with van der Waals surface area (Å²) >= 11 is 0. The molecule has 1 aromatic carbocycles. The van der Waals surface area contributed by atoms with Crippen LogP contribution in [-0.4, -0.2) is 76.0 Å². The molecule has 6 nitrogen and oxygen atoms in total. The summed E-state index contributed by atoms with van der Waals surface area (Å²) in [6.07, 6.45) is -0.575. The average Bonchev–Trinajstić information content (AvgIpc) is 2.71. The van der Waals surface area contributed by atoms with Crippen LogP contribution < -0.4 is 0 Å². The molecule has 26 heavy (non-hydrogen) atoms. The maximum absolute atomic E-state index is 9.85. The van der Waals surface area contributed by atoms with Crippen molar-refractivity contribution in [3.63, 3.8) is 0 Å². The molecule has 1 aromatic rings. The number of aliphatic hydroxyl groups is 4. The Morgan fingerprint density at radius 2 is 1.46 bits per heavy atom. The van der Waals surface area contributed by atoms with Crippen molar-refractivity contribution in [2.45, 2.75) is 63.6 Å². The molecule has 0 aliphatic carbocycles. The SMILES string of the molecule is Cc1ccc(COCCCCCCN2C[C@H](O)[C@@H](O)[C@H](O)[C@@H](O)C2)cc1. The second-order valence-electron chi connectivity index (χ2n) is 7.33. The van der Waals surface area contributed by atoms with Gasteiger partial charge < -0.3 is 25.2 Å². The number of ether oxygens (including phenoxy) is 1. The van der Waals surface area contributed by atoms with Gasteiger partial charge in [-0.2, -0.15) is 0 Å². The van der Waals surface area contributed by atoms with Crippen LogP contribution in [0.1, 0.15) is 36.8 Å². The lowest BCUT2D eigenvalue weighted by molar-refractivity contribution is -0.0894. The lowest BCUT2D eigenvalue weighted by Crippen LogP contribution is -2.43. The molecule has 1 aliphatic heterocycles. The van der Waals surface area contributed by atoms with Gasteiger partial charge in [-0.1, -0.05) is 42.7 Å². The maximum Gasteiger partial charge on any atom is 0.110 e. The molecule has 6 heteroatoms. The summed E-state index contributed by atoms with van der Waals surface area (Å²) < 4.78 is 5.69. The molecule has 1 saturated heterocycles. The third kappa shape index (κ3) is 6.95. The number of β-amino-alcohol motifs (C(OH)–C–C–N with tert-alkyl or cyclic N) is 2. The number of unbranched alkanes of at least 4 members (excludes halogenated alkanes) is 3. The fraction of sp³-hybridized carbons (Fsp3) is 0.700. The molecule has 0 aromatic heterocycles. The van der Waals surface area contributed by atoms with E-state index in [9.17, 15) is 20.4 Å². The van der Waals surface area contributed by atoms with E-state index in [1.807, 2.05) is 4.90 Å². The Morgan fingerprint density at radius 3 is 2.08 bits per heavy atom. The van der Waals surface area contributed by atoms with Crippen molar-refractivity contribution in [1.82, 2.24) is 4.90 Å². The Bertz CT molecular complexity index is 493. The minimum Gasteiger partial charge on any atom is -0.389 e. The zero-order valence-corrected chi connectivity index (χ0v) is 15.6. The monoisotopic (exact) mass is 367 g/mol. The quantitative estimate of drug-likeness (QED) is 0.483. The highest BCUT2D eigenvalue weighted by Crippen LogP contribution is 2.14. The molecule has 2 rings (SSSR count). The number of nitrogens with zero attached hydrogens (tertiary/aromatic N) is 1. The van der Waals surface area contributed by atoms with E-state index >= 15 is 0 Å². The number of aryl methyl sites for hydroxylation is 1. The standard InChI is InChI=1S/C20H33NO5/c1-15-6-8-16(9-7-15)14-26-11-5-3-2-4-10-21-12-17(22)19(24)20(25)18(23)13-21/h6-9,17-20,22-25H,2-5,10-14H2,1H3/t17-,18-,19+,20+/m0/s1. The van der Waals surface area contributed by atoms with Gasteiger partial charge in [-0.25, -0.2) is 0 Å². The molecule has 1 fully saturated rings. The lowest BCUT2D eigenvalue weighted by Gasteiger charge is -2.23. The summed E-state index contributed by atoms with van der Waals surface area (Å²) in [4.78, 5) is 1.91. The van der Waals surface area contributed by atoms with Gasteiger partial charge in [0.2, 0.25) is 0 Å². The van der Waals surface area contributed by atoms with Crippen LogP contribution in [0.5, 0.6) is 0 Å². The number of benzene rings is 1. The Hall–Kier alpha value is -1.02. The van der Waals surface area contributed by atoms with Gasteiger partial charge in [-0.15, -0.1) is 0 Å². The molecular formula is C20H33NO5. The largest absolute Gasteiger partial charge is 0.389 e. The fourth-order valence-corrected chi connectivity index (χ4v) is 3.22. The third-order valence-corrected chi connectivity index (χ3v) is 4.93. The summed E-state index contributed by atoms with van der Waals surface area (Å²) in [5, 5.41) is 39.1. The van der Waals surface area contributed by atoms with Gasteiger partial charge in [0.15, 0.2) is 0 Å². The van der Waals surface area contributed by atoms with Crippen LogP contribution in [0.4, 0.5) is 0 Å². The van der Waals surface area contributed by atoms with Crippen LogP contribution in [0.3, 0.4) is 0 Å². The highest BCUT2D eigenvalue weighted by atomic mass is 16.5. The van der Waals surface area contributed by atoms with Gasteiger partial charge in [-0.3, -0.25) is 4.90 Å². The van der Waals surface area contributed by atoms with Crippen molar-refractivity contribution in [3.8, 4) is 0 Å². The zero-order chi connectivity index (χ0) is 18.9. The molecule has 0 amide bonds. The van der Waals surface area contributed by atoms with E-state index in [2.05, 4.69) is 31.2 Å². The van der Waals surface area contributed by atoms with E-state index in [1.54, 1.807) is 0 Å². The normalized spacial score (nSPS) is 27.4. The Morgan fingerprint density at radius 1 is 0.885 bits per heavy atom. The Kier molecular flexibility index (Phi) is 8.98. The molecule has 0 bridgehead atoms. The van der Waals surface area contributed by atoms with Crippen LogP contribution >= 0.6 is 0 Å². The topological polar surface area (TPSA) is 93.4 Å². The minimum absolute atomic E-state index is 0.273. The zero-order valence-electron chi connectivity index (χ0n) is 15.6. The first kappa shape index (κ1) is 21.3. The second kappa shape index (κ2) is 11.0. The maximum atomic E-state index is 9.85. The van der Waals surface area contributed by atoms with Gasteiger partial charge in [0.25, 0.3) is 0 Å². The van der Waals surface area contributed by atoms with Crippen molar-refractivity contribution >= 4 is 0 Å². The Balaban J connectivity index is 1.53. The summed E-state index contributed by atoms with van der Waals surface area (Å²) in [6, 6.07) is 8.36. The van der Waals surface area contributed by atoms with Gasteiger partial charge >= 0.3 is 0 Å². The summed E-state index contributed by atoms with van der Waals surface area (Å²) in [5.41, 5.74) is 2.44. The first-order valence-electron chi connectivity index (χ1n) is 9.55. The molecule has 0 unspecified atom stereocenters. The highest BCUT2D eigenvalue weighted by Gasteiger charge is 2.35. The van der Waals surface area contributed by atoms with Crippen LogP contribution in [0.15, 0.2) is 24.3 Å². The molecule has 0 spiro atoms. The molecule has 1 aliphatic rings. The molecule has 4 atom stereocenters. The van der Waals surface area contributed by atoms with E-state index < -0.39 is 24.4 Å². The number of hydrogen-bond donors (Lipinski definition) is 4. The van der Waals surface area contributed by atoms with Crippen molar-refractivity contribution in [2.75, 3.05) is 26.2 Å². The third-order valence-electron chi connectivity index (χ3n) is 4.93. The second-order valence-corrected chi connectivity index (χ2v) is 7.33. The number of rotatable bonds is 9. The van der Waals surface area contributed by atoms with E-state index in [0.29, 0.717) is 6.61 Å². The number of likely N-dealkylation sites (tertiary alicyclic amines) is 1.